The molecule has 1 fully saturated rings. The first kappa shape index (κ1) is 21.8. The van der Waals surface area contributed by atoms with Crippen LogP contribution in [-0.4, -0.2) is 36.5 Å². The highest BCUT2D eigenvalue weighted by atomic mass is 19.4. The van der Waals surface area contributed by atoms with Gasteiger partial charge in [0.2, 0.25) is 5.91 Å². The first-order chi connectivity index (χ1) is 14.2. The molecule has 5 nitrogen and oxygen atoms in total. The molecule has 2 aromatic carbocycles. The summed E-state index contributed by atoms with van der Waals surface area (Å²) in [7, 11) is 1.31. The van der Waals surface area contributed by atoms with Crippen molar-refractivity contribution in [3.63, 3.8) is 0 Å². The highest BCUT2D eigenvalue weighted by molar-refractivity contribution is 5.89. The van der Waals surface area contributed by atoms with Crippen molar-refractivity contribution in [1.82, 2.24) is 10.2 Å². The smallest absolute Gasteiger partial charge is 0.416 e. The van der Waals surface area contributed by atoms with E-state index in [9.17, 15) is 22.8 Å². The normalized spacial score (nSPS) is 17.7. The first-order valence-electron chi connectivity index (χ1n) is 9.58. The molecule has 1 heterocycles. The number of methoxy groups -OCH3 is 1. The van der Waals surface area contributed by atoms with Crippen molar-refractivity contribution in [2.75, 3.05) is 13.7 Å². The maximum atomic E-state index is 12.7. The van der Waals surface area contributed by atoms with E-state index in [4.69, 9.17) is 0 Å². The summed E-state index contributed by atoms with van der Waals surface area (Å²) in [5.41, 5.74) is 1.33. The second-order valence-electron chi connectivity index (χ2n) is 7.31. The number of hydrogen-bond acceptors (Lipinski definition) is 4. The minimum absolute atomic E-state index is 0.127. The van der Waals surface area contributed by atoms with E-state index in [2.05, 4.69) is 10.1 Å². The predicted octanol–water partition coefficient (Wildman–Crippen LogP) is 3.94. The molecular weight excluding hydrogens is 397 g/mol. The van der Waals surface area contributed by atoms with Gasteiger partial charge in [0.15, 0.2) is 0 Å². The summed E-state index contributed by atoms with van der Waals surface area (Å²) in [4.78, 5) is 26.1. The van der Waals surface area contributed by atoms with E-state index in [-0.39, 0.29) is 18.0 Å². The number of rotatable bonds is 6. The van der Waals surface area contributed by atoms with E-state index in [1.807, 2.05) is 11.8 Å². The van der Waals surface area contributed by atoms with Gasteiger partial charge >= 0.3 is 12.1 Å². The summed E-state index contributed by atoms with van der Waals surface area (Å²) in [5, 5.41) is 2.96. The Kier molecular flexibility index (Phi) is 6.45. The number of nitrogens with zero attached hydrogens (tertiary/aromatic N) is 1. The van der Waals surface area contributed by atoms with Gasteiger partial charge in [0.25, 0.3) is 0 Å². The number of amides is 1. The van der Waals surface area contributed by atoms with Crippen LogP contribution in [0.1, 0.15) is 46.4 Å². The minimum atomic E-state index is -4.36. The van der Waals surface area contributed by atoms with Crippen molar-refractivity contribution in [2.45, 2.75) is 38.1 Å². The molecule has 0 radical (unpaired) electrons. The average Bonchev–Trinajstić information content (AvgIpc) is 2.70. The van der Waals surface area contributed by atoms with Crippen LogP contribution in [0.3, 0.4) is 0 Å². The topological polar surface area (TPSA) is 58.6 Å². The number of likely N-dealkylation sites (tertiary alicyclic amines) is 1. The molecule has 1 saturated heterocycles. The number of nitrogens with one attached hydrogen (secondary N) is 1. The van der Waals surface area contributed by atoms with Crippen molar-refractivity contribution >= 4 is 11.9 Å². The number of alkyl halides is 3. The van der Waals surface area contributed by atoms with Crippen molar-refractivity contribution in [1.29, 1.82) is 0 Å². The zero-order chi connectivity index (χ0) is 21.9. The Morgan fingerprint density at radius 2 is 1.77 bits per heavy atom. The van der Waals surface area contributed by atoms with Crippen molar-refractivity contribution in [2.24, 2.45) is 0 Å². The van der Waals surface area contributed by atoms with Crippen molar-refractivity contribution in [3.05, 3.63) is 70.8 Å². The lowest BCUT2D eigenvalue weighted by Crippen LogP contribution is -2.55. The largest absolute Gasteiger partial charge is 0.465 e. The van der Waals surface area contributed by atoms with Gasteiger partial charge in [0, 0.05) is 13.1 Å². The SMILES string of the molecule is COC(=O)c1ccc([C@H](C)NC(=O)C2CCN2Cc2ccc(C(F)(F)F)cc2)cc1. The van der Waals surface area contributed by atoms with Crippen LogP contribution < -0.4 is 5.32 Å². The number of hydrogen-bond donors (Lipinski definition) is 1. The lowest BCUT2D eigenvalue weighted by atomic mass is 9.99. The molecule has 1 amide bonds. The van der Waals surface area contributed by atoms with Crippen LogP contribution in [0.15, 0.2) is 48.5 Å². The lowest BCUT2D eigenvalue weighted by molar-refractivity contribution is -0.137. The molecule has 1 aliphatic heterocycles. The van der Waals surface area contributed by atoms with Gasteiger partial charge in [-0.2, -0.15) is 13.2 Å². The summed E-state index contributed by atoms with van der Waals surface area (Å²) >= 11 is 0. The van der Waals surface area contributed by atoms with E-state index in [1.165, 1.54) is 19.2 Å². The fourth-order valence-corrected chi connectivity index (χ4v) is 3.38. The molecular formula is C22H23F3N2O3. The predicted molar refractivity (Wildman–Crippen MR) is 105 cm³/mol. The summed E-state index contributed by atoms with van der Waals surface area (Å²) in [6.07, 6.45) is -3.66. The Balaban J connectivity index is 1.56. The second kappa shape index (κ2) is 8.87. The summed E-state index contributed by atoms with van der Waals surface area (Å²) in [5.74, 6) is -0.552. The molecule has 0 aromatic heterocycles. The number of halogens is 3. The molecule has 30 heavy (non-hydrogen) atoms. The highest BCUT2D eigenvalue weighted by Crippen LogP contribution is 2.30. The van der Waals surface area contributed by atoms with E-state index in [1.54, 1.807) is 24.3 Å². The second-order valence-corrected chi connectivity index (χ2v) is 7.31. The van der Waals surface area contributed by atoms with E-state index in [0.29, 0.717) is 25.1 Å². The average molecular weight is 420 g/mol. The van der Waals surface area contributed by atoms with Gasteiger partial charge in [-0.3, -0.25) is 9.69 Å². The van der Waals surface area contributed by atoms with Crippen molar-refractivity contribution in [3.8, 4) is 0 Å². The third-order valence-electron chi connectivity index (χ3n) is 5.29. The Labute approximate surface area is 172 Å². The van der Waals surface area contributed by atoms with E-state index < -0.39 is 17.7 Å². The fourth-order valence-electron chi connectivity index (χ4n) is 3.38. The van der Waals surface area contributed by atoms with Crippen LogP contribution in [0.4, 0.5) is 13.2 Å². The van der Waals surface area contributed by atoms with Gasteiger partial charge in [0.1, 0.15) is 0 Å². The van der Waals surface area contributed by atoms with Crippen molar-refractivity contribution < 1.29 is 27.5 Å². The molecule has 8 heteroatoms. The Morgan fingerprint density at radius 1 is 1.13 bits per heavy atom. The molecule has 0 aliphatic carbocycles. The van der Waals surface area contributed by atoms with Crippen LogP contribution >= 0.6 is 0 Å². The molecule has 3 rings (SSSR count). The molecule has 0 bridgehead atoms. The van der Waals surface area contributed by atoms with Crippen LogP contribution in [0, 0.1) is 0 Å². The van der Waals surface area contributed by atoms with Crippen LogP contribution in [0.25, 0.3) is 0 Å². The van der Waals surface area contributed by atoms with Gasteiger partial charge < -0.3 is 10.1 Å². The van der Waals surface area contributed by atoms with Gasteiger partial charge in [-0.15, -0.1) is 0 Å². The monoisotopic (exact) mass is 420 g/mol. The lowest BCUT2D eigenvalue weighted by Gasteiger charge is -2.40. The van der Waals surface area contributed by atoms with Crippen LogP contribution in [0.5, 0.6) is 0 Å². The Morgan fingerprint density at radius 3 is 2.27 bits per heavy atom. The number of esters is 1. The number of carbonyl (C=O) groups excluding carboxylic acids is 2. The molecule has 1 N–H and O–H groups in total. The quantitative estimate of drug-likeness (QED) is 0.720. The highest BCUT2D eigenvalue weighted by Gasteiger charge is 2.35. The molecule has 2 aromatic rings. The Bertz CT molecular complexity index is 895. The van der Waals surface area contributed by atoms with Gasteiger partial charge in [-0.05, 0) is 48.7 Å². The molecule has 1 aliphatic rings. The third kappa shape index (κ3) is 4.99. The fraction of sp³-hybridized carbons (Fsp3) is 0.364. The van der Waals surface area contributed by atoms with Gasteiger partial charge in [-0.25, -0.2) is 4.79 Å². The third-order valence-corrected chi connectivity index (χ3v) is 5.29. The molecule has 160 valence electrons. The van der Waals surface area contributed by atoms with Gasteiger partial charge in [0.05, 0.1) is 30.3 Å². The number of carbonyl (C=O) groups is 2. The number of benzene rings is 2. The van der Waals surface area contributed by atoms with E-state index in [0.717, 1.165) is 23.3 Å². The zero-order valence-corrected chi connectivity index (χ0v) is 16.7. The van der Waals surface area contributed by atoms with E-state index >= 15 is 0 Å². The maximum absolute atomic E-state index is 12.7. The zero-order valence-electron chi connectivity index (χ0n) is 16.7. The standard InChI is InChI=1S/C22H23F3N2O3/c1-14(16-5-7-17(8-6-16)21(29)30-2)26-20(28)19-11-12-27(19)13-15-3-9-18(10-4-15)22(23,24)25/h3-10,14,19H,11-13H2,1-2H3,(H,26,28)/t14-,19?/m0/s1. The Hall–Kier alpha value is -2.87. The molecule has 2 atom stereocenters. The summed E-state index contributed by atoms with van der Waals surface area (Å²) < 4.78 is 42.7. The molecule has 0 saturated carbocycles. The van der Waals surface area contributed by atoms with Gasteiger partial charge in [-0.1, -0.05) is 24.3 Å². The minimum Gasteiger partial charge on any atom is -0.465 e. The van der Waals surface area contributed by atoms with Crippen LogP contribution in [0.2, 0.25) is 0 Å². The molecule has 1 unspecified atom stereocenters. The maximum Gasteiger partial charge on any atom is 0.416 e. The summed E-state index contributed by atoms with van der Waals surface area (Å²) in [6, 6.07) is 11.3. The molecule has 0 spiro atoms. The number of ether oxygens (including phenoxy) is 1. The first-order valence-corrected chi connectivity index (χ1v) is 9.58. The summed E-state index contributed by atoms with van der Waals surface area (Å²) in [6.45, 7) is 2.98. The van der Waals surface area contributed by atoms with Crippen LogP contribution in [-0.2, 0) is 22.3 Å².